The van der Waals surface area contributed by atoms with Gasteiger partial charge in [0, 0.05) is 39.4 Å². The Morgan fingerprint density at radius 2 is 1.81 bits per heavy atom. The van der Waals surface area contributed by atoms with Crippen LogP contribution in [-0.2, 0) is 20.9 Å². The van der Waals surface area contributed by atoms with E-state index in [1.807, 2.05) is 25.1 Å². The molecule has 0 heterocycles. The quantitative estimate of drug-likeness (QED) is 0.178. The maximum Gasteiger partial charge on any atom is 0.312 e. The highest BCUT2D eigenvalue weighted by Crippen LogP contribution is 2.38. The van der Waals surface area contributed by atoms with Crippen LogP contribution in [0.4, 0.5) is 0 Å². The minimum atomic E-state index is -1.19. The molecule has 1 atom stereocenters. The van der Waals surface area contributed by atoms with Crippen molar-refractivity contribution in [2.24, 2.45) is 22.4 Å². The number of nitrogens with zero attached hydrogens (tertiary/aromatic N) is 3. The summed E-state index contributed by atoms with van der Waals surface area (Å²) < 4.78 is 6.12. The predicted octanol–water partition coefficient (Wildman–Crippen LogP) is 3.10. The molecule has 0 aliphatic rings. The van der Waals surface area contributed by atoms with E-state index in [0.717, 1.165) is 36.2 Å². The Labute approximate surface area is 217 Å². The van der Waals surface area contributed by atoms with Crippen molar-refractivity contribution in [2.75, 3.05) is 39.8 Å². The molecule has 9 nitrogen and oxygen atoms in total. The van der Waals surface area contributed by atoms with Gasteiger partial charge in [0.05, 0.1) is 23.8 Å². The molecule has 0 fully saturated rings. The monoisotopic (exact) mass is 505 g/mol. The molecule has 5 N–H and O–H groups in total. The number of carbonyl (C=O) groups is 2. The van der Waals surface area contributed by atoms with E-state index in [-0.39, 0.29) is 12.0 Å². The summed E-state index contributed by atoms with van der Waals surface area (Å²) in [4.78, 5) is 27.3. The Hall–Kier alpha value is -2.62. The molecule has 0 saturated heterocycles. The summed E-state index contributed by atoms with van der Waals surface area (Å²) in [6.45, 7) is 17.3. The molecular weight excluding hydrogens is 458 g/mol. The molecule has 204 valence electrons. The fourth-order valence-electron chi connectivity index (χ4n) is 4.27. The van der Waals surface area contributed by atoms with Crippen molar-refractivity contribution in [3.8, 4) is 0 Å². The number of aryl methyl sites for hydroxylation is 1. The van der Waals surface area contributed by atoms with Gasteiger partial charge in [-0.3, -0.25) is 14.5 Å². The maximum atomic E-state index is 12.2. The first-order chi connectivity index (χ1) is 16.7. The van der Waals surface area contributed by atoms with Crippen molar-refractivity contribution in [1.29, 1.82) is 0 Å². The normalized spacial score (nSPS) is 13.6. The molecule has 0 aliphatic carbocycles. The van der Waals surface area contributed by atoms with Crippen LogP contribution in [0.5, 0.6) is 0 Å². The number of amides is 1. The zero-order valence-corrected chi connectivity index (χ0v) is 23.4. The molecule has 1 unspecified atom stereocenters. The summed E-state index contributed by atoms with van der Waals surface area (Å²) in [5.41, 5.74) is 8.21. The standard InChI is InChI=1S/C27H47N5O4/c1-9-31(18-26(4,5)17-30(8)19-33)14-22-13-21(12-11-20(22)3)24(27(6,7)25(34)35)36-16-23(28)15-32(29)10-2/h11-13,15,19,24H,9-10,14,16-18,28-29H2,1-8H3,(H,34,35)/b23-15-. The number of hydrogen-bond donors (Lipinski definition) is 3. The van der Waals surface area contributed by atoms with Crippen molar-refractivity contribution < 1.29 is 19.4 Å². The van der Waals surface area contributed by atoms with Crippen LogP contribution in [-0.4, -0.2) is 72.1 Å². The molecular formula is C27H47N5O4. The number of benzene rings is 1. The minimum absolute atomic E-state index is 0.0534. The van der Waals surface area contributed by atoms with E-state index in [4.69, 9.17) is 16.3 Å². The third kappa shape index (κ3) is 9.44. The molecule has 0 aliphatic heterocycles. The second kappa shape index (κ2) is 13.6. The van der Waals surface area contributed by atoms with Crippen LogP contribution in [0, 0.1) is 17.8 Å². The van der Waals surface area contributed by atoms with Gasteiger partial charge >= 0.3 is 5.97 Å². The van der Waals surface area contributed by atoms with Crippen LogP contribution < -0.4 is 11.6 Å². The summed E-state index contributed by atoms with van der Waals surface area (Å²) in [5.74, 6) is 4.85. The average molecular weight is 506 g/mol. The lowest BCUT2D eigenvalue weighted by molar-refractivity contribution is -0.156. The van der Waals surface area contributed by atoms with Crippen LogP contribution in [0.25, 0.3) is 0 Å². The van der Waals surface area contributed by atoms with Crippen LogP contribution >= 0.6 is 0 Å². The van der Waals surface area contributed by atoms with Gasteiger partial charge in [-0.2, -0.15) is 0 Å². The van der Waals surface area contributed by atoms with E-state index in [0.29, 0.717) is 25.3 Å². The molecule has 9 heteroatoms. The van der Waals surface area contributed by atoms with E-state index >= 15 is 0 Å². The first-order valence-electron chi connectivity index (χ1n) is 12.5. The Morgan fingerprint density at radius 1 is 1.17 bits per heavy atom. The predicted molar refractivity (Wildman–Crippen MR) is 144 cm³/mol. The largest absolute Gasteiger partial charge is 0.481 e. The number of rotatable bonds is 16. The molecule has 0 bridgehead atoms. The van der Waals surface area contributed by atoms with Gasteiger partial charge in [-0.1, -0.05) is 39.0 Å². The van der Waals surface area contributed by atoms with E-state index in [9.17, 15) is 14.7 Å². The van der Waals surface area contributed by atoms with Crippen LogP contribution in [0.1, 0.15) is 64.3 Å². The number of carbonyl (C=O) groups excluding carboxylic acids is 1. The zero-order valence-electron chi connectivity index (χ0n) is 23.4. The van der Waals surface area contributed by atoms with Gasteiger partial charge < -0.3 is 25.5 Å². The molecule has 0 saturated carbocycles. The summed E-state index contributed by atoms with van der Waals surface area (Å²) in [6.07, 6.45) is 1.72. The molecule has 1 aromatic rings. The fraction of sp³-hybridized carbons (Fsp3) is 0.630. The Morgan fingerprint density at radius 3 is 2.33 bits per heavy atom. The summed E-state index contributed by atoms with van der Waals surface area (Å²) >= 11 is 0. The number of carboxylic acid groups (broad SMARTS) is 1. The second-order valence-electron chi connectivity index (χ2n) is 10.9. The van der Waals surface area contributed by atoms with E-state index < -0.39 is 17.5 Å². The first kappa shape index (κ1) is 31.4. The summed E-state index contributed by atoms with van der Waals surface area (Å²) in [6, 6.07) is 5.98. The average Bonchev–Trinajstić information content (AvgIpc) is 2.79. The molecule has 1 aromatic carbocycles. The molecule has 36 heavy (non-hydrogen) atoms. The van der Waals surface area contributed by atoms with Crippen LogP contribution in [0.15, 0.2) is 30.1 Å². The van der Waals surface area contributed by atoms with E-state index in [1.165, 1.54) is 5.01 Å². The lowest BCUT2D eigenvalue weighted by atomic mass is 9.81. The molecule has 1 amide bonds. The van der Waals surface area contributed by atoms with Crippen molar-refractivity contribution >= 4 is 12.4 Å². The third-order valence-electron chi connectivity index (χ3n) is 6.35. The molecule has 0 radical (unpaired) electrons. The second-order valence-corrected chi connectivity index (χ2v) is 10.9. The van der Waals surface area contributed by atoms with Crippen LogP contribution in [0.3, 0.4) is 0 Å². The van der Waals surface area contributed by atoms with Gasteiger partial charge in [0.25, 0.3) is 0 Å². The lowest BCUT2D eigenvalue weighted by Crippen LogP contribution is -2.40. The molecule has 0 aromatic heterocycles. The number of ether oxygens (including phenoxy) is 1. The summed E-state index contributed by atoms with van der Waals surface area (Å²) in [5, 5.41) is 11.4. The van der Waals surface area contributed by atoms with E-state index in [2.05, 4.69) is 32.6 Å². The topological polar surface area (TPSA) is 125 Å². The summed E-state index contributed by atoms with van der Waals surface area (Å²) in [7, 11) is 1.79. The van der Waals surface area contributed by atoms with Crippen molar-refractivity contribution in [3.05, 3.63) is 46.8 Å². The highest BCUT2D eigenvalue weighted by molar-refractivity contribution is 5.74. The number of nitrogens with two attached hydrogens (primary N) is 2. The minimum Gasteiger partial charge on any atom is -0.481 e. The number of aliphatic carboxylic acids is 1. The van der Waals surface area contributed by atoms with E-state index in [1.54, 1.807) is 32.0 Å². The van der Waals surface area contributed by atoms with Gasteiger partial charge in [0.1, 0.15) is 0 Å². The Bertz CT molecular complexity index is 900. The SMILES string of the molecule is CCN(N)/C=C(\N)COC(c1ccc(C)c(CN(CC)CC(C)(C)CN(C)C=O)c1)C(C)(C)C(=O)O. The fourth-order valence-corrected chi connectivity index (χ4v) is 4.27. The van der Waals surface area contributed by atoms with Gasteiger partial charge in [0.2, 0.25) is 6.41 Å². The smallest absolute Gasteiger partial charge is 0.312 e. The molecule has 1 rings (SSSR count). The number of hydrogen-bond acceptors (Lipinski definition) is 7. The van der Waals surface area contributed by atoms with Gasteiger partial charge in [-0.25, -0.2) is 5.84 Å². The van der Waals surface area contributed by atoms with Gasteiger partial charge in [-0.05, 0) is 56.3 Å². The number of carboxylic acids is 1. The van der Waals surface area contributed by atoms with Gasteiger partial charge in [0.15, 0.2) is 0 Å². The van der Waals surface area contributed by atoms with Crippen molar-refractivity contribution in [3.63, 3.8) is 0 Å². The maximum absolute atomic E-state index is 12.2. The zero-order chi connectivity index (χ0) is 27.7. The number of hydrazine groups is 1. The third-order valence-corrected chi connectivity index (χ3v) is 6.35. The van der Waals surface area contributed by atoms with Crippen molar-refractivity contribution in [1.82, 2.24) is 14.8 Å². The molecule has 0 spiro atoms. The van der Waals surface area contributed by atoms with Crippen LogP contribution in [0.2, 0.25) is 0 Å². The lowest BCUT2D eigenvalue weighted by Gasteiger charge is -2.35. The Balaban J connectivity index is 3.25. The highest BCUT2D eigenvalue weighted by Gasteiger charge is 2.39. The first-order valence-corrected chi connectivity index (χ1v) is 12.5. The van der Waals surface area contributed by atoms with Crippen molar-refractivity contribution in [2.45, 2.75) is 61.1 Å². The highest BCUT2D eigenvalue weighted by atomic mass is 16.5. The van der Waals surface area contributed by atoms with Gasteiger partial charge in [-0.15, -0.1) is 0 Å². The Kier molecular flexibility index (Phi) is 11.9.